The van der Waals surface area contributed by atoms with Crippen LogP contribution in [0.5, 0.6) is 0 Å². The number of rotatable bonds is 4. The van der Waals surface area contributed by atoms with Crippen LogP contribution in [-0.4, -0.2) is 18.4 Å². The normalized spacial score (nSPS) is 12.6. The van der Waals surface area contributed by atoms with E-state index in [1.54, 1.807) is 29.2 Å². The highest BCUT2D eigenvalue weighted by atomic mass is 35.5. The first kappa shape index (κ1) is 19.2. The van der Waals surface area contributed by atoms with Gasteiger partial charge in [0.2, 0.25) is 0 Å². The summed E-state index contributed by atoms with van der Waals surface area (Å²) < 4.78 is 13.0. The molecule has 0 saturated heterocycles. The highest BCUT2D eigenvalue weighted by Crippen LogP contribution is 2.30. The van der Waals surface area contributed by atoms with Crippen molar-refractivity contribution in [2.75, 3.05) is 11.4 Å². The molecule has 0 spiro atoms. The van der Waals surface area contributed by atoms with Gasteiger partial charge in [0.25, 0.3) is 11.8 Å². The van der Waals surface area contributed by atoms with E-state index in [1.165, 1.54) is 24.3 Å². The number of hydrogen-bond donors (Lipinski definition) is 1. The number of benzene rings is 3. The summed E-state index contributed by atoms with van der Waals surface area (Å²) in [7, 11) is 0. The van der Waals surface area contributed by atoms with Crippen molar-refractivity contribution in [3.63, 3.8) is 0 Å². The molecule has 3 aromatic rings. The van der Waals surface area contributed by atoms with E-state index in [0.29, 0.717) is 29.2 Å². The smallest absolute Gasteiger partial charge is 0.258 e. The van der Waals surface area contributed by atoms with Crippen molar-refractivity contribution in [1.82, 2.24) is 5.32 Å². The van der Waals surface area contributed by atoms with Gasteiger partial charge in [-0.2, -0.15) is 0 Å². The third kappa shape index (κ3) is 4.15. The molecule has 4 rings (SSSR count). The molecule has 4 nitrogen and oxygen atoms in total. The summed E-state index contributed by atoms with van der Waals surface area (Å²) in [5, 5.41) is 3.41. The second kappa shape index (κ2) is 8.05. The number of carbonyl (C=O) groups is 2. The predicted molar refractivity (Wildman–Crippen MR) is 111 cm³/mol. The molecule has 29 heavy (non-hydrogen) atoms. The van der Waals surface area contributed by atoms with Gasteiger partial charge in [-0.3, -0.25) is 9.59 Å². The molecule has 0 unspecified atom stereocenters. The van der Waals surface area contributed by atoms with Crippen molar-refractivity contribution >= 4 is 29.1 Å². The quantitative estimate of drug-likeness (QED) is 0.685. The average Bonchev–Trinajstić information content (AvgIpc) is 3.16. The molecular formula is C23H18ClFN2O2. The minimum absolute atomic E-state index is 0.0760. The number of nitrogens with one attached hydrogen (secondary N) is 1. The number of carbonyl (C=O) groups excluding carboxylic acids is 2. The van der Waals surface area contributed by atoms with Gasteiger partial charge in [0.1, 0.15) is 5.82 Å². The Morgan fingerprint density at radius 3 is 2.38 bits per heavy atom. The van der Waals surface area contributed by atoms with Gasteiger partial charge in [0, 0.05) is 34.9 Å². The molecule has 0 bridgehead atoms. The summed E-state index contributed by atoms with van der Waals surface area (Å²) in [6, 6.07) is 18.1. The summed E-state index contributed by atoms with van der Waals surface area (Å²) in [5.41, 5.74) is 3.82. The maximum Gasteiger partial charge on any atom is 0.258 e. The SMILES string of the molecule is O=C(NCc1ccc2c(c1)N(C(=O)c1ccc(Cl)cc1)CC2)c1ccc(F)cc1. The molecule has 1 heterocycles. The van der Waals surface area contributed by atoms with Gasteiger partial charge in [-0.05, 0) is 72.1 Å². The third-order valence-electron chi connectivity index (χ3n) is 4.94. The lowest BCUT2D eigenvalue weighted by molar-refractivity contribution is 0.0949. The molecule has 1 N–H and O–H groups in total. The number of nitrogens with zero attached hydrogens (tertiary/aromatic N) is 1. The first-order valence-electron chi connectivity index (χ1n) is 9.24. The van der Waals surface area contributed by atoms with E-state index < -0.39 is 0 Å². The molecule has 0 radical (unpaired) electrons. The van der Waals surface area contributed by atoms with E-state index >= 15 is 0 Å². The predicted octanol–water partition coefficient (Wildman–Crippen LogP) is 4.61. The van der Waals surface area contributed by atoms with Gasteiger partial charge in [-0.25, -0.2) is 4.39 Å². The molecule has 3 aromatic carbocycles. The van der Waals surface area contributed by atoms with Crippen LogP contribution in [-0.2, 0) is 13.0 Å². The second-order valence-electron chi connectivity index (χ2n) is 6.87. The van der Waals surface area contributed by atoms with Gasteiger partial charge < -0.3 is 10.2 Å². The van der Waals surface area contributed by atoms with Gasteiger partial charge in [0.05, 0.1) is 0 Å². The standard InChI is InChI=1S/C23H18ClFN2O2/c24-19-7-3-18(4-8-19)23(29)27-12-11-16-2-1-15(13-21(16)27)14-26-22(28)17-5-9-20(25)10-6-17/h1-10,13H,11-12,14H2,(H,26,28). The molecule has 0 aromatic heterocycles. The third-order valence-corrected chi connectivity index (χ3v) is 5.19. The highest BCUT2D eigenvalue weighted by Gasteiger charge is 2.25. The van der Waals surface area contributed by atoms with Gasteiger partial charge in [-0.1, -0.05) is 23.7 Å². The van der Waals surface area contributed by atoms with E-state index in [1.807, 2.05) is 18.2 Å². The first-order valence-corrected chi connectivity index (χ1v) is 9.62. The maximum atomic E-state index is 13.0. The molecule has 1 aliphatic heterocycles. The topological polar surface area (TPSA) is 49.4 Å². The number of fused-ring (bicyclic) bond motifs is 1. The lowest BCUT2D eigenvalue weighted by atomic mass is 10.1. The lowest BCUT2D eigenvalue weighted by Gasteiger charge is -2.18. The average molecular weight is 409 g/mol. The van der Waals surface area contributed by atoms with Crippen LogP contribution < -0.4 is 10.2 Å². The summed E-state index contributed by atoms with van der Waals surface area (Å²) in [5.74, 6) is -0.738. The number of halogens is 2. The number of hydrogen-bond acceptors (Lipinski definition) is 2. The molecule has 146 valence electrons. The van der Waals surface area contributed by atoms with Crippen LogP contribution in [0.3, 0.4) is 0 Å². The summed E-state index contributed by atoms with van der Waals surface area (Å²) in [6.45, 7) is 0.925. The molecule has 0 aliphatic carbocycles. The molecule has 1 aliphatic rings. The fourth-order valence-electron chi connectivity index (χ4n) is 3.38. The van der Waals surface area contributed by atoms with Gasteiger partial charge in [0.15, 0.2) is 0 Å². The van der Waals surface area contributed by atoms with Crippen molar-refractivity contribution in [2.24, 2.45) is 0 Å². The van der Waals surface area contributed by atoms with Crippen LogP contribution >= 0.6 is 11.6 Å². The fourth-order valence-corrected chi connectivity index (χ4v) is 3.51. The minimum Gasteiger partial charge on any atom is -0.348 e. The Labute approximate surface area is 172 Å². The van der Waals surface area contributed by atoms with Crippen LogP contribution in [0.25, 0.3) is 0 Å². The maximum absolute atomic E-state index is 13.0. The van der Waals surface area contributed by atoms with Crippen LogP contribution in [0, 0.1) is 5.82 Å². The monoisotopic (exact) mass is 408 g/mol. The Balaban J connectivity index is 1.48. The molecule has 2 amide bonds. The van der Waals surface area contributed by atoms with Crippen LogP contribution in [0.15, 0.2) is 66.7 Å². The van der Waals surface area contributed by atoms with Gasteiger partial charge >= 0.3 is 0 Å². The van der Waals surface area contributed by atoms with Crippen molar-refractivity contribution < 1.29 is 14.0 Å². The summed E-state index contributed by atoms with van der Waals surface area (Å²) >= 11 is 5.91. The van der Waals surface area contributed by atoms with E-state index in [0.717, 1.165) is 23.2 Å². The Morgan fingerprint density at radius 1 is 0.966 bits per heavy atom. The summed E-state index contributed by atoms with van der Waals surface area (Å²) in [4.78, 5) is 26.9. The number of amides is 2. The second-order valence-corrected chi connectivity index (χ2v) is 7.30. The van der Waals surface area contributed by atoms with Crippen molar-refractivity contribution in [3.8, 4) is 0 Å². The van der Waals surface area contributed by atoms with Crippen molar-refractivity contribution in [3.05, 3.63) is 99.8 Å². The Morgan fingerprint density at radius 2 is 1.66 bits per heavy atom. The largest absolute Gasteiger partial charge is 0.348 e. The van der Waals surface area contributed by atoms with E-state index in [2.05, 4.69) is 5.32 Å². The molecule has 0 fully saturated rings. The molecule has 6 heteroatoms. The Hall–Kier alpha value is -3.18. The van der Waals surface area contributed by atoms with Crippen molar-refractivity contribution in [2.45, 2.75) is 13.0 Å². The zero-order valence-corrected chi connectivity index (χ0v) is 16.2. The Bertz CT molecular complexity index is 1070. The van der Waals surface area contributed by atoms with E-state index in [-0.39, 0.29) is 17.6 Å². The molecule has 0 saturated carbocycles. The lowest BCUT2D eigenvalue weighted by Crippen LogP contribution is -2.29. The number of anilines is 1. The zero-order valence-electron chi connectivity index (χ0n) is 15.5. The molecular weight excluding hydrogens is 391 g/mol. The van der Waals surface area contributed by atoms with E-state index in [4.69, 9.17) is 11.6 Å². The Kier molecular flexibility index (Phi) is 5.32. The molecule has 0 atom stereocenters. The van der Waals surface area contributed by atoms with Gasteiger partial charge in [-0.15, -0.1) is 0 Å². The van der Waals surface area contributed by atoms with Crippen molar-refractivity contribution in [1.29, 1.82) is 0 Å². The minimum atomic E-state index is -0.384. The zero-order chi connectivity index (χ0) is 20.4. The summed E-state index contributed by atoms with van der Waals surface area (Å²) in [6.07, 6.45) is 0.789. The van der Waals surface area contributed by atoms with E-state index in [9.17, 15) is 14.0 Å². The van der Waals surface area contributed by atoms with Crippen LogP contribution in [0.1, 0.15) is 31.8 Å². The van der Waals surface area contributed by atoms with Crippen LogP contribution in [0.2, 0.25) is 5.02 Å². The highest BCUT2D eigenvalue weighted by molar-refractivity contribution is 6.30. The van der Waals surface area contributed by atoms with Crippen LogP contribution in [0.4, 0.5) is 10.1 Å². The first-order chi connectivity index (χ1) is 14.0. The fraction of sp³-hybridized carbons (Fsp3) is 0.130.